The third kappa shape index (κ3) is 4.41. The molecule has 122 valence electrons. The molecule has 0 aromatic heterocycles. The maximum absolute atomic E-state index is 11.0. The van der Waals surface area contributed by atoms with Gasteiger partial charge in [0.25, 0.3) is 0 Å². The Hall–Kier alpha value is -1.68. The van der Waals surface area contributed by atoms with Gasteiger partial charge in [-0.25, -0.2) is 5.01 Å². The number of hydrogen-bond donors (Lipinski definition) is 3. The van der Waals surface area contributed by atoms with Gasteiger partial charge in [-0.05, 0) is 37.1 Å². The average Bonchev–Trinajstić information content (AvgIpc) is 2.43. The summed E-state index contributed by atoms with van der Waals surface area (Å²) in [7, 11) is -4.72. The smallest absolute Gasteiger partial charge is 0.369 e. The second-order valence-corrected chi connectivity index (χ2v) is 6.64. The Morgan fingerprint density at radius 3 is 2.14 bits per heavy atom. The Kier molecular flexibility index (Phi) is 5.01. The summed E-state index contributed by atoms with van der Waals surface area (Å²) in [6.45, 7) is 6.77. The van der Waals surface area contributed by atoms with Crippen molar-refractivity contribution in [1.82, 2.24) is 16.0 Å². The van der Waals surface area contributed by atoms with Crippen molar-refractivity contribution in [3.05, 3.63) is 29.3 Å². The fourth-order valence-electron chi connectivity index (χ4n) is 2.40. The van der Waals surface area contributed by atoms with Gasteiger partial charge in [-0.3, -0.25) is 14.8 Å². The van der Waals surface area contributed by atoms with E-state index >= 15 is 0 Å². The van der Waals surface area contributed by atoms with Gasteiger partial charge in [0.2, 0.25) is 0 Å². The molecule has 1 heterocycles. The largest absolute Gasteiger partial charge is 0.378 e. The van der Waals surface area contributed by atoms with Crippen molar-refractivity contribution >= 4 is 21.0 Å². The van der Waals surface area contributed by atoms with Gasteiger partial charge in [-0.1, -0.05) is 6.07 Å². The first-order chi connectivity index (χ1) is 10.3. The molecular formula is C13H20N4O4S. The molecule has 2 rings (SSSR count). The third-order valence-electron chi connectivity index (χ3n) is 3.40. The number of aryl methyl sites for hydroxylation is 2. The molecule has 8 nitrogen and oxygen atoms in total. The highest BCUT2D eigenvalue weighted by atomic mass is 32.2. The zero-order valence-corrected chi connectivity index (χ0v) is 13.4. The van der Waals surface area contributed by atoms with Crippen molar-refractivity contribution in [2.45, 2.75) is 13.8 Å². The molecule has 0 saturated carbocycles. The molecule has 1 aliphatic heterocycles. The van der Waals surface area contributed by atoms with Gasteiger partial charge in [-0.15, -0.1) is 0 Å². The second-order valence-electron chi connectivity index (χ2n) is 5.32. The van der Waals surface area contributed by atoms with Gasteiger partial charge in [0.05, 0.1) is 0 Å². The molecular weight excluding hydrogens is 308 g/mol. The third-order valence-corrected chi connectivity index (χ3v) is 3.97. The van der Waals surface area contributed by atoms with E-state index in [1.54, 1.807) is 5.01 Å². The SMILES string of the molecule is Cc1cc(C)cc(N2CCN(NNC(=O)S(=O)(=O)O)CC2)c1. The summed E-state index contributed by atoms with van der Waals surface area (Å²) in [6.07, 6.45) is 0. The quantitative estimate of drug-likeness (QED) is 0.547. The predicted octanol–water partition coefficient (Wildman–Crippen LogP) is 0.442. The molecule has 0 unspecified atom stereocenters. The fourth-order valence-corrected chi connectivity index (χ4v) is 2.57. The lowest BCUT2D eigenvalue weighted by Gasteiger charge is -2.36. The van der Waals surface area contributed by atoms with E-state index in [4.69, 9.17) is 4.55 Å². The Morgan fingerprint density at radius 2 is 1.64 bits per heavy atom. The van der Waals surface area contributed by atoms with Crippen molar-refractivity contribution in [2.75, 3.05) is 31.1 Å². The lowest BCUT2D eigenvalue weighted by Crippen LogP contribution is -2.57. The highest BCUT2D eigenvalue weighted by molar-refractivity contribution is 8.01. The number of hydrogen-bond acceptors (Lipinski definition) is 6. The minimum Gasteiger partial charge on any atom is -0.369 e. The van der Waals surface area contributed by atoms with E-state index in [0.717, 1.165) is 18.8 Å². The maximum Gasteiger partial charge on any atom is 0.378 e. The Balaban J connectivity index is 1.87. The maximum atomic E-state index is 11.0. The van der Waals surface area contributed by atoms with Crippen molar-refractivity contribution in [1.29, 1.82) is 0 Å². The van der Waals surface area contributed by atoms with Crippen LogP contribution in [0.25, 0.3) is 0 Å². The summed E-state index contributed by atoms with van der Waals surface area (Å²) in [5, 5.41) is 0.214. The molecule has 0 bridgehead atoms. The van der Waals surface area contributed by atoms with E-state index in [0.29, 0.717) is 13.1 Å². The van der Waals surface area contributed by atoms with E-state index < -0.39 is 15.4 Å². The van der Waals surface area contributed by atoms with Crippen LogP contribution in [0.5, 0.6) is 0 Å². The lowest BCUT2D eigenvalue weighted by atomic mass is 10.1. The second kappa shape index (κ2) is 6.61. The predicted molar refractivity (Wildman–Crippen MR) is 82.9 cm³/mol. The molecule has 0 atom stereocenters. The standard InChI is InChI=1S/C13H20N4O4S/c1-10-7-11(2)9-12(8-10)16-3-5-17(6-4-16)15-14-13(18)22(19,20)21/h7-9,15H,3-6H2,1-2H3,(H,14,18)(H,19,20,21). The number of piperazine rings is 1. The van der Waals surface area contributed by atoms with Crippen LogP contribution in [-0.4, -0.2) is 49.4 Å². The zero-order chi connectivity index (χ0) is 16.3. The van der Waals surface area contributed by atoms with Crippen LogP contribution in [-0.2, 0) is 10.1 Å². The van der Waals surface area contributed by atoms with Crippen LogP contribution < -0.4 is 15.9 Å². The summed E-state index contributed by atoms with van der Waals surface area (Å²) in [5.74, 6) is 0. The minimum absolute atomic E-state index is 0.596. The molecule has 9 heteroatoms. The van der Waals surface area contributed by atoms with Crippen molar-refractivity contribution in [3.63, 3.8) is 0 Å². The van der Waals surface area contributed by atoms with E-state index in [1.165, 1.54) is 11.1 Å². The van der Waals surface area contributed by atoms with E-state index in [-0.39, 0.29) is 0 Å². The number of amides is 1. The van der Waals surface area contributed by atoms with Gasteiger partial charge < -0.3 is 4.90 Å². The van der Waals surface area contributed by atoms with E-state index in [2.05, 4.69) is 42.5 Å². The van der Waals surface area contributed by atoms with Gasteiger partial charge in [0, 0.05) is 31.9 Å². The van der Waals surface area contributed by atoms with Crippen LogP contribution in [0.15, 0.2) is 18.2 Å². The van der Waals surface area contributed by atoms with Gasteiger partial charge in [0.1, 0.15) is 0 Å². The normalized spacial score (nSPS) is 16.6. The fraction of sp³-hybridized carbons (Fsp3) is 0.462. The molecule has 1 amide bonds. The Bertz CT molecular complexity index is 634. The number of carbonyl (C=O) groups is 1. The van der Waals surface area contributed by atoms with Crippen molar-refractivity contribution in [2.24, 2.45) is 0 Å². The Morgan fingerprint density at radius 1 is 1.09 bits per heavy atom. The number of carbonyl (C=O) groups excluding carboxylic acids is 1. The summed E-state index contributed by atoms with van der Waals surface area (Å²) in [5.41, 5.74) is 8.00. The lowest BCUT2D eigenvalue weighted by molar-refractivity contribution is 0.150. The topological polar surface area (TPSA) is 102 Å². The number of nitrogens with zero attached hydrogens (tertiary/aromatic N) is 2. The summed E-state index contributed by atoms with van der Waals surface area (Å²) < 4.78 is 29.7. The Labute approximate surface area is 129 Å². The van der Waals surface area contributed by atoms with Crippen LogP contribution in [0.1, 0.15) is 11.1 Å². The summed E-state index contributed by atoms with van der Waals surface area (Å²) in [6, 6.07) is 6.36. The molecule has 0 spiro atoms. The highest BCUT2D eigenvalue weighted by Crippen LogP contribution is 2.19. The first kappa shape index (κ1) is 16.7. The first-order valence-electron chi connectivity index (χ1n) is 6.87. The van der Waals surface area contributed by atoms with E-state index in [1.807, 2.05) is 5.43 Å². The van der Waals surface area contributed by atoms with Crippen LogP contribution in [0.3, 0.4) is 0 Å². The molecule has 0 radical (unpaired) electrons. The summed E-state index contributed by atoms with van der Waals surface area (Å²) >= 11 is 0. The van der Waals surface area contributed by atoms with Crippen molar-refractivity contribution < 1.29 is 17.8 Å². The number of benzene rings is 1. The number of nitrogens with one attached hydrogen (secondary N) is 2. The number of rotatable bonds is 3. The molecule has 1 fully saturated rings. The van der Waals surface area contributed by atoms with Crippen LogP contribution in [0, 0.1) is 13.8 Å². The zero-order valence-electron chi connectivity index (χ0n) is 12.5. The summed E-state index contributed by atoms with van der Waals surface area (Å²) in [4.78, 5) is 13.2. The molecule has 1 aromatic carbocycles. The highest BCUT2D eigenvalue weighted by Gasteiger charge is 2.21. The molecule has 1 saturated heterocycles. The van der Waals surface area contributed by atoms with Crippen LogP contribution in [0.2, 0.25) is 0 Å². The molecule has 1 aliphatic rings. The molecule has 3 N–H and O–H groups in total. The molecule has 22 heavy (non-hydrogen) atoms. The molecule has 0 aliphatic carbocycles. The first-order valence-corrected chi connectivity index (χ1v) is 8.31. The number of anilines is 1. The van der Waals surface area contributed by atoms with Crippen molar-refractivity contribution in [3.8, 4) is 0 Å². The monoisotopic (exact) mass is 328 g/mol. The van der Waals surface area contributed by atoms with E-state index in [9.17, 15) is 13.2 Å². The van der Waals surface area contributed by atoms with Crippen LogP contribution in [0.4, 0.5) is 10.5 Å². The van der Waals surface area contributed by atoms with Gasteiger partial charge in [-0.2, -0.15) is 14.0 Å². The minimum atomic E-state index is -4.72. The average molecular weight is 328 g/mol. The van der Waals surface area contributed by atoms with Gasteiger partial charge in [0.15, 0.2) is 0 Å². The molecule has 1 aromatic rings. The van der Waals surface area contributed by atoms with Crippen LogP contribution >= 0.6 is 0 Å². The van der Waals surface area contributed by atoms with Gasteiger partial charge >= 0.3 is 15.4 Å². The number of hydrazine groups is 2.